The number of hydrogen-bond donors (Lipinski definition) is 0. The van der Waals surface area contributed by atoms with Crippen LogP contribution in [0.1, 0.15) is 16.8 Å². The maximum Gasteiger partial charge on any atom is 0.130 e. The van der Waals surface area contributed by atoms with Gasteiger partial charge in [-0.25, -0.2) is 4.98 Å². The number of rotatable bonds is 0. The lowest BCUT2D eigenvalue weighted by atomic mass is 10.2. The first-order valence-electron chi connectivity index (χ1n) is 4.82. The molecule has 1 aromatic rings. The highest BCUT2D eigenvalue weighted by atomic mass is 28.3. The molecule has 0 aliphatic rings. The van der Waals surface area contributed by atoms with E-state index in [-0.39, 0.29) is 0 Å². The highest BCUT2D eigenvalue weighted by molar-refractivity contribution is 6.83. The van der Waals surface area contributed by atoms with Gasteiger partial charge in [0.2, 0.25) is 0 Å². The Hall–Kier alpha value is -1.58. The van der Waals surface area contributed by atoms with Crippen molar-refractivity contribution in [2.45, 2.75) is 26.6 Å². The van der Waals surface area contributed by atoms with Crippen LogP contribution >= 0.6 is 0 Å². The first kappa shape index (κ1) is 11.5. The van der Waals surface area contributed by atoms with Gasteiger partial charge in [-0.15, -0.1) is 5.54 Å². The topological polar surface area (TPSA) is 36.7 Å². The van der Waals surface area contributed by atoms with Gasteiger partial charge in [-0.05, 0) is 18.6 Å². The quantitative estimate of drug-likeness (QED) is 0.491. The van der Waals surface area contributed by atoms with Crippen LogP contribution in [-0.2, 0) is 0 Å². The number of aromatic nitrogens is 1. The Morgan fingerprint density at radius 3 is 2.53 bits per heavy atom. The summed E-state index contributed by atoms with van der Waals surface area (Å²) >= 11 is 0. The third-order valence-electron chi connectivity index (χ3n) is 1.70. The van der Waals surface area contributed by atoms with Crippen LogP contribution in [0.4, 0.5) is 0 Å². The van der Waals surface area contributed by atoms with Gasteiger partial charge in [0.25, 0.3) is 0 Å². The molecule has 0 aromatic carbocycles. The molecule has 0 radical (unpaired) electrons. The SMILES string of the molecule is Cc1cnc(C#C[Si](C)(C)C)c(C#N)c1. The maximum absolute atomic E-state index is 8.93. The molecule has 0 saturated heterocycles. The van der Waals surface area contributed by atoms with Crippen LogP contribution in [-0.4, -0.2) is 13.1 Å². The minimum Gasteiger partial charge on any atom is -0.246 e. The number of aryl methyl sites for hydroxylation is 1. The van der Waals surface area contributed by atoms with Crippen molar-refractivity contribution < 1.29 is 0 Å². The van der Waals surface area contributed by atoms with Crippen molar-refractivity contribution in [3.8, 4) is 17.5 Å². The summed E-state index contributed by atoms with van der Waals surface area (Å²) in [6.07, 6.45) is 1.75. The van der Waals surface area contributed by atoms with Crippen LogP contribution in [0.2, 0.25) is 19.6 Å². The normalized spacial score (nSPS) is 10.1. The molecule has 0 saturated carbocycles. The van der Waals surface area contributed by atoms with E-state index < -0.39 is 8.07 Å². The van der Waals surface area contributed by atoms with Gasteiger partial charge < -0.3 is 0 Å². The van der Waals surface area contributed by atoms with E-state index in [1.807, 2.05) is 13.0 Å². The number of pyridine rings is 1. The lowest BCUT2D eigenvalue weighted by molar-refractivity contribution is 1.22. The zero-order valence-corrected chi connectivity index (χ0v) is 10.5. The molecule has 0 N–H and O–H groups in total. The van der Waals surface area contributed by atoms with Crippen LogP contribution in [0.25, 0.3) is 0 Å². The monoisotopic (exact) mass is 214 g/mol. The molecular formula is C12H14N2Si. The second-order valence-corrected chi connectivity index (χ2v) is 9.27. The smallest absolute Gasteiger partial charge is 0.130 e. The average Bonchev–Trinajstić information content (AvgIpc) is 2.14. The van der Waals surface area contributed by atoms with Crippen molar-refractivity contribution in [3.63, 3.8) is 0 Å². The van der Waals surface area contributed by atoms with Crippen molar-refractivity contribution in [2.75, 3.05) is 0 Å². The molecular weight excluding hydrogens is 200 g/mol. The van der Waals surface area contributed by atoms with Gasteiger partial charge >= 0.3 is 0 Å². The molecule has 0 spiro atoms. The van der Waals surface area contributed by atoms with Crippen molar-refractivity contribution in [1.82, 2.24) is 4.98 Å². The van der Waals surface area contributed by atoms with E-state index in [0.29, 0.717) is 11.3 Å². The molecule has 1 rings (SSSR count). The van der Waals surface area contributed by atoms with Gasteiger partial charge in [0, 0.05) is 6.20 Å². The van der Waals surface area contributed by atoms with Crippen LogP contribution in [0, 0.1) is 29.7 Å². The van der Waals surface area contributed by atoms with Crippen LogP contribution < -0.4 is 0 Å². The van der Waals surface area contributed by atoms with Crippen LogP contribution in [0.5, 0.6) is 0 Å². The summed E-state index contributed by atoms with van der Waals surface area (Å²) in [5, 5.41) is 8.93. The van der Waals surface area contributed by atoms with E-state index in [2.05, 4.69) is 42.2 Å². The highest BCUT2D eigenvalue weighted by Gasteiger charge is 2.08. The molecule has 0 atom stereocenters. The van der Waals surface area contributed by atoms with Crippen molar-refractivity contribution in [1.29, 1.82) is 5.26 Å². The first-order chi connectivity index (χ1) is 6.92. The van der Waals surface area contributed by atoms with E-state index in [9.17, 15) is 0 Å². The van der Waals surface area contributed by atoms with Gasteiger partial charge in [0.15, 0.2) is 0 Å². The fourth-order valence-electron chi connectivity index (χ4n) is 1.00. The van der Waals surface area contributed by atoms with Crippen molar-refractivity contribution in [3.05, 3.63) is 29.1 Å². The third kappa shape index (κ3) is 3.57. The summed E-state index contributed by atoms with van der Waals surface area (Å²) in [4.78, 5) is 4.18. The maximum atomic E-state index is 8.93. The Morgan fingerprint density at radius 2 is 2.00 bits per heavy atom. The van der Waals surface area contributed by atoms with Crippen LogP contribution in [0.15, 0.2) is 12.3 Å². The lowest BCUT2D eigenvalue weighted by Crippen LogP contribution is -2.16. The minimum absolute atomic E-state index is 0.570. The minimum atomic E-state index is -1.40. The molecule has 0 unspecified atom stereocenters. The fourth-order valence-corrected chi connectivity index (χ4v) is 1.49. The standard InChI is InChI=1S/C12H14N2Si/c1-10-7-11(8-13)12(14-9-10)5-6-15(2,3)4/h7,9H,1-4H3. The second kappa shape index (κ2) is 4.29. The molecule has 0 aliphatic heterocycles. The van der Waals surface area contributed by atoms with Gasteiger partial charge in [-0.3, -0.25) is 0 Å². The Morgan fingerprint density at radius 1 is 1.33 bits per heavy atom. The second-order valence-electron chi connectivity index (χ2n) is 4.52. The van der Waals surface area contributed by atoms with Gasteiger partial charge in [-0.1, -0.05) is 25.6 Å². The Bertz CT molecular complexity index is 467. The summed E-state index contributed by atoms with van der Waals surface area (Å²) < 4.78 is 0. The van der Waals surface area contributed by atoms with Crippen molar-refractivity contribution in [2.24, 2.45) is 0 Å². The molecule has 3 heteroatoms. The first-order valence-corrected chi connectivity index (χ1v) is 8.32. The van der Waals surface area contributed by atoms with E-state index in [0.717, 1.165) is 5.56 Å². The number of hydrogen-bond acceptors (Lipinski definition) is 2. The fraction of sp³-hybridized carbons (Fsp3) is 0.333. The average molecular weight is 214 g/mol. The third-order valence-corrected chi connectivity index (χ3v) is 2.58. The summed E-state index contributed by atoms with van der Waals surface area (Å²) in [5.41, 5.74) is 5.37. The largest absolute Gasteiger partial charge is 0.246 e. The molecule has 2 nitrogen and oxygen atoms in total. The van der Waals surface area contributed by atoms with Crippen LogP contribution in [0.3, 0.4) is 0 Å². The summed E-state index contributed by atoms with van der Waals surface area (Å²) in [7, 11) is -1.40. The summed E-state index contributed by atoms with van der Waals surface area (Å²) in [6.45, 7) is 8.42. The Kier molecular flexibility index (Phi) is 3.29. The molecule has 1 heterocycles. The van der Waals surface area contributed by atoms with E-state index in [1.165, 1.54) is 0 Å². The zero-order chi connectivity index (χ0) is 11.5. The molecule has 15 heavy (non-hydrogen) atoms. The van der Waals surface area contributed by atoms with E-state index in [1.54, 1.807) is 6.20 Å². The highest BCUT2D eigenvalue weighted by Crippen LogP contribution is 2.06. The van der Waals surface area contributed by atoms with Gasteiger partial charge in [-0.2, -0.15) is 5.26 Å². The Balaban J connectivity index is 3.16. The van der Waals surface area contributed by atoms with Gasteiger partial charge in [0.1, 0.15) is 19.8 Å². The number of nitrogens with zero attached hydrogens (tertiary/aromatic N) is 2. The molecule has 0 bridgehead atoms. The Labute approximate surface area is 92.0 Å². The van der Waals surface area contributed by atoms with E-state index in [4.69, 9.17) is 5.26 Å². The summed E-state index contributed by atoms with van der Waals surface area (Å²) in [6, 6.07) is 3.94. The lowest BCUT2D eigenvalue weighted by Gasteiger charge is -2.03. The summed E-state index contributed by atoms with van der Waals surface area (Å²) in [5.74, 6) is 3.01. The molecule has 0 aliphatic carbocycles. The molecule has 1 aromatic heterocycles. The molecule has 0 fully saturated rings. The zero-order valence-electron chi connectivity index (χ0n) is 9.55. The van der Waals surface area contributed by atoms with Crippen molar-refractivity contribution >= 4 is 8.07 Å². The molecule has 76 valence electrons. The van der Waals surface area contributed by atoms with Gasteiger partial charge in [0.05, 0.1) is 5.56 Å². The van der Waals surface area contributed by atoms with E-state index >= 15 is 0 Å². The predicted octanol–water partition coefficient (Wildman–Crippen LogP) is 2.49. The number of nitriles is 1. The molecule has 0 amide bonds. The predicted molar refractivity (Wildman–Crippen MR) is 63.9 cm³/mol.